The lowest BCUT2D eigenvalue weighted by Crippen LogP contribution is -2.06. The van der Waals surface area contributed by atoms with Gasteiger partial charge in [0.2, 0.25) is 11.9 Å². The Kier molecular flexibility index (Phi) is 19.9. The largest absolute Gasteiger partial charge is 0.309 e. The molecule has 0 radical (unpaired) electrons. The van der Waals surface area contributed by atoms with Gasteiger partial charge in [-0.3, -0.25) is 9.13 Å². The van der Waals surface area contributed by atoms with E-state index in [4.69, 9.17) is 44.9 Å². The molecule has 20 aromatic carbocycles. The lowest BCUT2D eigenvalue weighted by Gasteiger charge is -2.12. The third-order valence-electron chi connectivity index (χ3n) is 27.3. The Labute approximate surface area is 814 Å². The minimum atomic E-state index is 0.585. The highest BCUT2D eigenvalue weighted by Gasteiger charge is 2.29. The van der Waals surface area contributed by atoms with Crippen LogP contribution in [0.3, 0.4) is 0 Å². The SMILES string of the molecule is c1ccc(-c2nc(-c3ccc4ccccc4c3)nc(-n3c4ccccc4c4ccc5c(c6ccccc6n5-c5ccccc5)c43)n2)cc1.c1ccc(-c2nc(-c3ccccc3)nc(-c3ccc(-n4c5ccccc5c5ccc6c(c7ccccc7n6-c6ccccc6)c54)cc3)n2)cc1.c1ccc(-c2nc(-c3ccccc3)nc(-n3c4ccccc4c4ccc5c(c6ccccc6n5-c5ccccc5)c43)n2)cc1. The molecule has 29 aromatic rings. The van der Waals surface area contributed by atoms with Crippen LogP contribution in [0.1, 0.15) is 0 Å². The van der Waals surface area contributed by atoms with Crippen molar-refractivity contribution in [2.24, 2.45) is 0 Å². The Balaban J connectivity index is 0.000000107. The highest BCUT2D eigenvalue weighted by Crippen LogP contribution is 2.48. The minimum absolute atomic E-state index is 0.585. The molecule has 0 fully saturated rings. The molecule has 9 heterocycles. The molecule has 15 nitrogen and oxygen atoms in total. The van der Waals surface area contributed by atoms with Crippen LogP contribution in [0.2, 0.25) is 0 Å². The maximum atomic E-state index is 5.26. The summed E-state index contributed by atoms with van der Waals surface area (Å²) in [5.41, 5.74) is 24.6. The molecule has 29 rings (SSSR count). The summed E-state index contributed by atoms with van der Waals surface area (Å²) in [6.45, 7) is 0. The zero-order valence-electron chi connectivity index (χ0n) is 76.5. The van der Waals surface area contributed by atoms with Crippen molar-refractivity contribution in [2.45, 2.75) is 0 Å². The molecular formula is C127H81N15. The summed E-state index contributed by atoms with van der Waals surface area (Å²) in [5.74, 6) is 5.66. The number of benzene rings is 20. The first-order chi connectivity index (χ1) is 70.5. The quantitative estimate of drug-likeness (QED) is 0.110. The Hall–Kier alpha value is -19.5. The van der Waals surface area contributed by atoms with E-state index >= 15 is 0 Å². The molecule has 664 valence electrons. The second-order valence-electron chi connectivity index (χ2n) is 35.5. The van der Waals surface area contributed by atoms with E-state index in [0.29, 0.717) is 52.7 Å². The third-order valence-corrected chi connectivity index (χ3v) is 27.3. The summed E-state index contributed by atoms with van der Waals surface area (Å²) >= 11 is 0. The summed E-state index contributed by atoms with van der Waals surface area (Å²) in [4.78, 5) is 45.6. The molecule has 0 spiro atoms. The van der Waals surface area contributed by atoms with Crippen LogP contribution in [0.4, 0.5) is 0 Å². The third kappa shape index (κ3) is 13.9. The van der Waals surface area contributed by atoms with Gasteiger partial charge in [-0.2, -0.15) is 19.9 Å². The predicted octanol–water partition coefficient (Wildman–Crippen LogP) is 31.0. The van der Waals surface area contributed by atoms with Crippen LogP contribution in [0, 0.1) is 0 Å². The van der Waals surface area contributed by atoms with Crippen molar-refractivity contribution in [3.63, 3.8) is 0 Å². The van der Waals surface area contributed by atoms with Gasteiger partial charge in [-0.1, -0.05) is 370 Å². The van der Waals surface area contributed by atoms with Gasteiger partial charge in [0.1, 0.15) is 0 Å². The average Bonchev–Trinajstić information content (AvgIpc) is 1.56. The first-order valence-corrected chi connectivity index (χ1v) is 47.7. The van der Waals surface area contributed by atoms with Gasteiger partial charge in [0.05, 0.1) is 66.2 Å². The van der Waals surface area contributed by atoms with Crippen LogP contribution >= 0.6 is 0 Å². The number of hydrogen-bond acceptors (Lipinski definition) is 9. The molecule has 0 aliphatic carbocycles. The number of aromatic nitrogens is 15. The van der Waals surface area contributed by atoms with E-state index in [1.807, 2.05) is 140 Å². The first kappa shape index (κ1) is 82.0. The summed E-state index contributed by atoms with van der Waals surface area (Å²) in [6.07, 6.45) is 0. The molecule has 0 aliphatic rings. The average molecular weight is 1820 g/mol. The van der Waals surface area contributed by atoms with E-state index in [2.05, 4.69) is 379 Å². The molecular weight excluding hydrogens is 1740 g/mol. The maximum Gasteiger partial charge on any atom is 0.238 e. The van der Waals surface area contributed by atoms with E-state index in [1.165, 1.54) is 59.6 Å². The number of fused-ring (bicyclic) bond motifs is 22. The van der Waals surface area contributed by atoms with Gasteiger partial charge in [0, 0.05) is 126 Å². The van der Waals surface area contributed by atoms with Gasteiger partial charge < -0.3 is 18.3 Å². The Bertz CT molecular complexity index is 9840. The molecule has 9 aromatic heterocycles. The Morgan fingerprint density at radius 2 is 0.352 bits per heavy atom. The van der Waals surface area contributed by atoms with Crippen molar-refractivity contribution in [3.05, 3.63) is 491 Å². The standard InChI is InChI=1S/C45H29N5.C43H27N5.C39H25N5/c1-4-14-30(15-5-1)43-46-44(31-16-6-2-7-17-31)48-45(47-43)32-24-26-34(27-25-32)50-38-22-12-10-20-35(38)36-28-29-40-41(42(36)50)37-21-11-13-23-39(37)49(40)33-18-8-3-9-19-33;1-3-14-29(15-4-1)41-44-42(31-24-23-28-13-7-8-16-30(28)27-31)46-43(45-41)48-36-21-11-9-19-33(36)34-25-26-38-39(40(34)48)35-20-10-12-22-37(35)47(38)32-17-5-2-6-18-32;1-4-14-26(15-5-1)37-40-38(27-16-6-2-7-17-27)42-39(41-37)44-32-22-12-10-20-29(32)30-24-25-34-35(36(30)44)31-21-11-13-23-33(31)43(34)28-18-8-3-9-19-28/h1-29H;1-27H;1-25H. The molecule has 0 saturated carbocycles. The molecule has 15 heteroatoms. The summed E-state index contributed by atoms with van der Waals surface area (Å²) < 4.78 is 14.0. The molecule has 0 unspecified atom stereocenters. The highest BCUT2D eigenvalue weighted by atomic mass is 15.2. The van der Waals surface area contributed by atoms with Crippen molar-refractivity contribution in [1.29, 1.82) is 0 Å². The molecule has 0 amide bonds. The normalized spacial score (nSPS) is 11.7. The van der Waals surface area contributed by atoms with Gasteiger partial charge >= 0.3 is 0 Å². The van der Waals surface area contributed by atoms with Crippen molar-refractivity contribution < 1.29 is 0 Å². The van der Waals surface area contributed by atoms with Crippen molar-refractivity contribution >= 4 is 142 Å². The fraction of sp³-hybridized carbons (Fsp3) is 0. The van der Waals surface area contributed by atoms with Gasteiger partial charge in [0.15, 0.2) is 40.8 Å². The molecule has 0 aliphatic heterocycles. The second-order valence-corrected chi connectivity index (χ2v) is 35.5. The fourth-order valence-electron chi connectivity index (χ4n) is 21.0. The zero-order valence-corrected chi connectivity index (χ0v) is 76.5. The van der Waals surface area contributed by atoms with Crippen molar-refractivity contribution in [2.75, 3.05) is 0 Å². The molecule has 142 heavy (non-hydrogen) atoms. The van der Waals surface area contributed by atoms with Crippen LogP contribution < -0.4 is 0 Å². The number of nitrogens with zero attached hydrogens (tertiary/aromatic N) is 15. The van der Waals surface area contributed by atoms with Crippen LogP contribution in [-0.4, -0.2) is 72.3 Å². The predicted molar refractivity (Wildman–Crippen MR) is 581 cm³/mol. The van der Waals surface area contributed by atoms with Crippen LogP contribution in [-0.2, 0) is 0 Å². The Morgan fingerprint density at radius 3 is 0.676 bits per heavy atom. The Morgan fingerprint density at radius 1 is 0.127 bits per heavy atom. The molecule has 0 N–H and O–H groups in total. The van der Waals surface area contributed by atoms with E-state index in [1.54, 1.807) is 0 Å². The van der Waals surface area contributed by atoms with Gasteiger partial charge in [-0.05, 0) is 132 Å². The monoisotopic (exact) mass is 1820 g/mol. The number of rotatable bonds is 13. The van der Waals surface area contributed by atoms with Crippen LogP contribution in [0.25, 0.3) is 256 Å². The number of hydrogen-bond donors (Lipinski definition) is 0. The highest BCUT2D eigenvalue weighted by molar-refractivity contribution is 6.29. The molecule has 0 saturated heterocycles. The lowest BCUT2D eigenvalue weighted by molar-refractivity contribution is 0.955. The van der Waals surface area contributed by atoms with E-state index in [9.17, 15) is 0 Å². The summed E-state index contributed by atoms with van der Waals surface area (Å²) in [7, 11) is 0. The van der Waals surface area contributed by atoms with Crippen molar-refractivity contribution in [3.8, 4) is 114 Å². The van der Waals surface area contributed by atoms with E-state index in [0.717, 1.165) is 144 Å². The zero-order chi connectivity index (χ0) is 93.7. The fourth-order valence-corrected chi connectivity index (χ4v) is 21.0. The van der Waals surface area contributed by atoms with Gasteiger partial charge in [0.25, 0.3) is 0 Å². The minimum Gasteiger partial charge on any atom is -0.309 e. The van der Waals surface area contributed by atoms with E-state index in [-0.39, 0.29) is 0 Å². The molecule has 0 atom stereocenters. The molecule has 0 bridgehead atoms. The first-order valence-electron chi connectivity index (χ1n) is 47.7. The summed E-state index contributed by atoms with van der Waals surface area (Å²) in [6, 6.07) is 171. The lowest BCUT2D eigenvalue weighted by atomic mass is 10.1. The maximum absolute atomic E-state index is 5.26. The van der Waals surface area contributed by atoms with Crippen molar-refractivity contribution in [1.82, 2.24) is 72.3 Å². The second kappa shape index (κ2) is 34.4. The van der Waals surface area contributed by atoms with Crippen LogP contribution in [0.15, 0.2) is 491 Å². The van der Waals surface area contributed by atoms with E-state index < -0.39 is 0 Å². The topological polar surface area (TPSA) is 146 Å². The van der Waals surface area contributed by atoms with Gasteiger partial charge in [-0.25, -0.2) is 24.9 Å². The van der Waals surface area contributed by atoms with Gasteiger partial charge in [-0.15, -0.1) is 0 Å². The van der Waals surface area contributed by atoms with Crippen LogP contribution in [0.5, 0.6) is 0 Å². The number of para-hydroxylation sites is 9. The summed E-state index contributed by atoms with van der Waals surface area (Å²) in [5, 5.41) is 16.6. The smallest absolute Gasteiger partial charge is 0.238 e.